The zero-order chi connectivity index (χ0) is 15.7. The van der Waals surface area contributed by atoms with E-state index >= 15 is 0 Å². The summed E-state index contributed by atoms with van der Waals surface area (Å²) >= 11 is 0. The van der Waals surface area contributed by atoms with Gasteiger partial charge in [-0.2, -0.15) is 0 Å². The maximum absolute atomic E-state index is 9.78. The zero-order valence-electron chi connectivity index (χ0n) is 12.9. The molecule has 126 valence electrons. The first-order chi connectivity index (χ1) is 10.1. The molecule has 0 aromatic rings. The lowest BCUT2D eigenvalue weighted by Gasteiger charge is -2.39. The summed E-state index contributed by atoms with van der Waals surface area (Å²) in [5, 5.41) is 38.1. The third-order valence-electron chi connectivity index (χ3n) is 3.88. The van der Waals surface area contributed by atoms with Gasteiger partial charge in [0.1, 0.15) is 24.4 Å². The Hall–Kier alpha value is -0.240. The van der Waals surface area contributed by atoms with Crippen LogP contribution in [-0.4, -0.2) is 64.3 Å². The van der Waals surface area contributed by atoms with Crippen molar-refractivity contribution in [1.82, 2.24) is 0 Å². The predicted molar refractivity (Wildman–Crippen MR) is 77.7 cm³/mol. The molecule has 0 aliphatic carbocycles. The average molecular weight is 306 g/mol. The second kappa shape index (κ2) is 10.5. The number of aliphatic hydroxyl groups is 4. The van der Waals surface area contributed by atoms with E-state index in [9.17, 15) is 15.3 Å². The maximum atomic E-state index is 9.78. The van der Waals surface area contributed by atoms with Gasteiger partial charge in [0.15, 0.2) is 6.29 Å². The molecule has 4 N–H and O–H groups in total. The van der Waals surface area contributed by atoms with Crippen molar-refractivity contribution in [3.8, 4) is 0 Å². The Balaban J connectivity index is 2.16. The molecule has 0 spiro atoms. The summed E-state index contributed by atoms with van der Waals surface area (Å²) in [6.07, 6.45) is 2.20. The van der Waals surface area contributed by atoms with E-state index in [1.165, 1.54) is 25.7 Å². The van der Waals surface area contributed by atoms with Crippen LogP contribution in [0.3, 0.4) is 0 Å². The van der Waals surface area contributed by atoms with Gasteiger partial charge in [-0.05, 0) is 6.42 Å². The fourth-order valence-electron chi connectivity index (χ4n) is 2.46. The number of unbranched alkanes of at least 4 members (excludes halogenated alkanes) is 6. The molecule has 0 aromatic carbocycles. The van der Waals surface area contributed by atoms with Gasteiger partial charge in [-0.3, -0.25) is 0 Å². The summed E-state index contributed by atoms with van der Waals surface area (Å²) in [6, 6.07) is 0. The van der Waals surface area contributed by atoms with Crippen molar-refractivity contribution in [3.05, 3.63) is 0 Å². The van der Waals surface area contributed by atoms with Crippen LogP contribution in [0.5, 0.6) is 0 Å². The molecule has 6 heteroatoms. The number of hydrogen-bond donors (Lipinski definition) is 4. The van der Waals surface area contributed by atoms with Crippen LogP contribution in [0.25, 0.3) is 0 Å². The number of aliphatic hydroxyl groups excluding tert-OH is 4. The van der Waals surface area contributed by atoms with Gasteiger partial charge in [0.05, 0.1) is 6.61 Å². The largest absolute Gasteiger partial charge is 0.394 e. The van der Waals surface area contributed by atoms with Gasteiger partial charge in [0.25, 0.3) is 0 Å². The summed E-state index contributed by atoms with van der Waals surface area (Å²) in [5.74, 6) is 0. The first kappa shape index (κ1) is 18.8. The van der Waals surface area contributed by atoms with Gasteiger partial charge < -0.3 is 29.9 Å². The van der Waals surface area contributed by atoms with E-state index in [4.69, 9.17) is 14.6 Å². The lowest BCUT2D eigenvalue weighted by molar-refractivity contribution is -0.301. The molecule has 6 nitrogen and oxygen atoms in total. The molecule has 1 aliphatic rings. The minimum absolute atomic E-state index is 0.427. The highest BCUT2D eigenvalue weighted by Gasteiger charge is 2.43. The van der Waals surface area contributed by atoms with Gasteiger partial charge >= 0.3 is 0 Å². The van der Waals surface area contributed by atoms with Gasteiger partial charge in [0.2, 0.25) is 0 Å². The Labute approximate surface area is 126 Å². The molecule has 1 rings (SSSR count). The van der Waals surface area contributed by atoms with Crippen molar-refractivity contribution in [3.63, 3.8) is 0 Å². The Morgan fingerprint density at radius 3 is 2.10 bits per heavy atom. The Morgan fingerprint density at radius 2 is 1.48 bits per heavy atom. The van der Waals surface area contributed by atoms with Crippen molar-refractivity contribution >= 4 is 0 Å². The highest BCUT2D eigenvalue weighted by atomic mass is 16.7. The molecule has 1 fully saturated rings. The summed E-state index contributed by atoms with van der Waals surface area (Å²) < 4.78 is 10.7. The average Bonchev–Trinajstić information content (AvgIpc) is 2.49. The minimum atomic E-state index is -1.37. The summed E-state index contributed by atoms with van der Waals surface area (Å²) in [7, 11) is 0. The van der Waals surface area contributed by atoms with E-state index in [1.807, 2.05) is 0 Å². The van der Waals surface area contributed by atoms with E-state index < -0.39 is 37.3 Å². The maximum Gasteiger partial charge on any atom is 0.186 e. The summed E-state index contributed by atoms with van der Waals surface area (Å²) in [6.45, 7) is 2.19. The molecule has 1 aliphatic heterocycles. The molecule has 0 unspecified atom stereocenters. The van der Waals surface area contributed by atoms with Crippen molar-refractivity contribution in [2.24, 2.45) is 0 Å². The molecule has 1 heterocycles. The third kappa shape index (κ3) is 6.18. The van der Waals surface area contributed by atoms with Crippen molar-refractivity contribution in [2.45, 2.75) is 82.6 Å². The van der Waals surface area contributed by atoms with Crippen LogP contribution in [0.4, 0.5) is 0 Å². The first-order valence-electron chi connectivity index (χ1n) is 8.04. The summed E-state index contributed by atoms with van der Waals surface area (Å²) in [4.78, 5) is 0. The number of rotatable bonds is 10. The summed E-state index contributed by atoms with van der Waals surface area (Å²) in [5.41, 5.74) is 0. The third-order valence-corrected chi connectivity index (χ3v) is 3.88. The van der Waals surface area contributed by atoms with Crippen molar-refractivity contribution in [1.29, 1.82) is 0 Å². The minimum Gasteiger partial charge on any atom is -0.394 e. The van der Waals surface area contributed by atoms with E-state index in [0.717, 1.165) is 19.3 Å². The van der Waals surface area contributed by atoms with Gasteiger partial charge in [0, 0.05) is 6.61 Å². The fraction of sp³-hybridized carbons (Fsp3) is 1.00. The second-order valence-corrected chi connectivity index (χ2v) is 5.69. The van der Waals surface area contributed by atoms with Crippen LogP contribution in [0.2, 0.25) is 0 Å². The highest BCUT2D eigenvalue weighted by Crippen LogP contribution is 2.22. The Bertz CT molecular complexity index is 261. The normalized spacial score (nSPS) is 33.3. The van der Waals surface area contributed by atoms with E-state index in [-0.39, 0.29) is 0 Å². The van der Waals surface area contributed by atoms with Crippen LogP contribution < -0.4 is 0 Å². The first-order valence-corrected chi connectivity index (χ1v) is 8.04. The molecular formula is C15H30O6. The molecule has 0 bridgehead atoms. The van der Waals surface area contributed by atoms with Crippen molar-refractivity contribution < 1.29 is 29.9 Å². The van der Waals surface area contributed by atoms with Crippen LogP contribution in [-0.2, 0) is 9.47 Å². The molecule has 21 heavy (non-hydrogen) atoms. The highest BCUT2D eigenvalue weighted by molar-refractivity contribution is 4.88. The molecule has 0 amide bonds. The molecule has 1 saturated heterocycles. The van der Waals surface area contributed by atoms with Crippen LogP contribution in [0.1, 0.15) is 51.9 Å². The van der Waals surface area contributed by atoms with E-state index in [2.05, 4.69) is 6.92 Å². The Morgan fingerprint density at radius 1 is 0.857 bits per heavy atom. The van der Waals surface area contributed by atoms with Crippen LogP contribution >= 0.6 is 0 Å². The smallest absolute Gasteiger partial charge is 0.186 e. The lowest BCUT2D eigenvalue weighted by Crippen LogP contribution is -2.59. The fourth-order valence-corrected chi connectivity index (χ4v) is 2.46. The SMILES string of the molecule is CCCCCCCCCO[C@H]1O[C@@H](CO)[C@H](O)[C@@H](O)[C@@H]1O. The molecule has 0 saturated carbocycles. The van der Waals surface area contributed by atoms with Crippen molar-refractivity contribution in [2.75, 3.05) is 13.2 Å². The monoisotopic (exact) mass is 306 g/mol. The van der Waals surface area contributed by atoms with Gasteiger partial charge in [-0.25, -0.2) is 0 Å². The van der Waals surface area contributed by atoms with Gasteiger partial charge in [-0.15, -0.1) is 0 Å². The lowest BCUT2D eigenvalue weighted by atomic mass is 9.99. The number of hydrogen-bond acceptors (Lipinski definition) is 6. The standard InChI is InChI=1S/C15H30O6/c1-2-3-4-5-6-7-8-9-20-15-14(19)13(18)12(17)11(10-16)21-15/h11-19H,2-10H2,1H3/t11-,12-,13+,14-,15-/m0/s1. The second-order valence-electron chi connectivity index (χ2n) is 5.69. The Kier molecular flexibility index (Phi) is 9.39. The predicted octanol–water partition coefficient (Wildman–Crippen LogP) is 0.553. The molecule has 5 atom stereocenters. The molecule has 0 radical (unpaired) electrons. The quantitative estimate of drug-likeness (QED) is 0.440. The van der Waals surface area contributed by atoms with Crippen LogP contribution in [0.15, 0.2) is 0 Å². The molecular weight excluding hydrogens is 276 g/mol. The zero-order valence-corrected chi connectivity index (χ0v) is 12.9. The van der Waals surface area contributed by atoms with Crippen LogP contribution in [0, 0.1) is 0 Å². The molecule has 0 aromatic heterocycles. The van der Waals surface area contributed by atoms with Gasteiger partial charge in [-0.1, -0.05) is 45.4 Å². The number of ether oxygens (including phenoxy) is 2. The van der Waals surface area contributed by atoms with E-state index in [0.29, 0.717) is 6.61 Å². The van der Waals surface area contributed by atoms with E-state index in [1.54, 1.807) is 0 Å². The topological polar surface area (TPSA) is 99.4 Å².